The molecule has 0 radical (unpaired) electrons. The molecule has 2 aromatic rings. The molecule has 0 bridgehead atoms. The Hall–Kier alpha value is -3.41. The molecule has 1 aliphatic heterocycles. The summed E-state index contributed by atoms with van der Waals surface area (Å²) in [7, 11) is 1.26. The van der Waals surface area contributed by atoms with Gasteiger partial charge in [0.1, 0.15) is 0 Å². The summed E-state index contributed by atoms with van der Waals surface area (Å²) in [6, 6.07) is 3.48. The molecule has 184 valence electrons. The molecule has 2 aliphatic rings. The molecule has 34 heavy (non-hydrogen) atoms. The number of nitrogens with two attached hydrogens (primary N) is 1. The van der Waals surface area contributed by atoms with Crippen LogP contribution in [0.4, 0.5) is 13.6 Å². The fourth-order valence-electron chi connectivity index (χ4n) is 3.47. The maximum atomic E-state index is 13.0. The lowest BCUT2D eigenvalue weighted by Crippen LogP contribution is -2.61. The number of hydrogen-bond donors (Lipinski definition) is 2. The second-order valence-electron chi connectivity index (χ2n) is 8.36. The topological polar surface area (TPSA) is 129 Å². The maximum Gasteiger partial charge on any atom is 0.407 e. The van der Waals surface area contributed by atoms with Gasteiger partial charge in [-0.05, 0) is 43.9 Å². The van der Waals surface area contributed by atoms with Gasteiger partial charge in [0.15, 0.2) is 23.0 Å². The number of carbonyl (C=O) groups excluding carboxylic acids is 2. The number of nitrogens with one attached hydrogen (secondary N) is 1. The fraction of sp³-hybridized carbons (Fsp3) is 0.500. The lowest BCUT2D eigenvalue weighted by atomic mass is 10.1. The molecule has 1 atom stereocenters. The van der Waals surface area contributed by atoms with E-state index in [1.165, 1.54) is 30.2 Å². The molecule has 4 rings (SSSR count). The van der Waals surface area contributed by atoms with E-state index < -0.39 is 24.7 Å². The summed E-state index contributed by atoms with van der Waals surface area (Å²) >= 11 is 0. The number of aromatic nitrogens is 1. The molecule has 1 aromatic heterocycles. The predicted octanol–water partition coefficient (Wildman–Crippen LogP) is 2.93. The van der Waals surface area contributed by atoms with E-state index in [2.05, 4.69) is 19.8 Å². The van der Waals surface area contributed by atoms with Gasteiger partial charge in [-0.3, -0.25) is 4.79 Å². The predicted molar refractivity (Wildman–Crippen MR) is 115 cm³/mol. The number of carbonyl (C=O) groups is 2. The summed E-state index contributed by atoms with van der Waals surface area (Å²) < 4.78 is 46.2. The van der Waals surface area contributed by atoms with Crippen molar-refractivity contribution in [3.8, 4) is 23.0 Å². The van der Waals surface area contributed by atoms with Gasteiger partial charge in [-0.25, -0.2) is 9.78 Å². The Morgan fingerprint density at radius 3 is 2.65 bits per heavy atom. The van der Waals surface area contributed by atoms with Crippen LogP contribution in [0.5, 0.6) is 11.5 Å². The number of methoxy groups -OCH3 is 1. The largest absolute Gasteiger partial charge is 0.489 e. The van der Waals surface area contributed by atoms with Crippen LogP contribution in [0.2, 0.25) is 0 Å². The molecule has 0 spiro atoms. The first kappa shape index (κ1) is 23.7. The minimum absolute atomic E-state index is 0.0508. The monoisotopic (exact) mass is 480 g/mol. The third-order valence-electron chi connectivity index (χ3n) is 5.52. The summed E-state index contributed by atoms with van der Waals surface area (Å²) in [5.41, 5.74) is 6.47. The Balaban J connectivity index is 1.55. The third-order valence-corrected chi connectivity index (χ3v) is 5.52. The fourth-order valence-corrected chi connectivity index (χ4v) is 3.47. The molecule has 2 fully saturated rings. The number of benzene rings is 1. The van der Waals surface area contributed by atoms with Gasteiger partial charge in [-0.15, -0.1) is 0 Å². The first-order valence-electron chi connectivity index (χ1n) is 10.9. The van der Waals surface area contributed by atoms with Crippen LogP contribution in [0.1, 0.15) is 42.1 Å². The van der Waals surface area contributed by atoms with Gasteiger partial charge in [0, 0.05) is 18.7 Å². The van der Waals surface area contributed by atoms with Crippen molar-refractivity contribution in [2.75, 3.05) is 26.8 Å². The van der Waals surface area contributed by atoms with Gasteiger partial charge < -0.3 is 34.6 Å². The Morgan fingerprint density at radius 1 is 1.29 bits per heavy atom. The molecular formula is C22H26F2N4O6. The summed E-state index contributed by atoms with van der Waals surface area (Å²) in [6.45, 7) is -0.388. The zero-order valence-electron chi connectivity index (χ0n) is 18.8. The van der Waals surface area contributed by atoms with Crippen molar-refractivity contribution in [1.82, 2.24) is 15.2 Å². The van der Waals surface area contributed by atoms with Crippen molar-refractivity contribution in [3.05, 3.63) is 29.7 Å². The van der Waals surface area contributed by atoms with Crippen molar-refractivity contribution in [1.29, 1.82) is 0 Å². The number of likely N-dealkylation sites (tertiary alicyclic amines) is 1. The van der Waals surface area contributed by atoms with Crippen LogP contribution in [0.25, 0.3) is 11.5 Å². The molecule has 2 amide bonds. The highest BCUT2D eigenvalue weighted by molar-refractivity contribution is 5.94. The van der Waals surface area contributed by atoms with E-state index in [1.807, 2.05) is 0 Å². The molecule has 10 nitrogen and oxygen atoms in total. The Labute approximate surface area is 194 Å². The number of amides is 2. The zero-order valence-corrected chi connectivity index (χ0v) is 18.8. The standard InChI is InChI=1S/C22H26F2N4O6/c1-11(25)18-17(20(29)28-8-14(9-28)26-22(30)31-2)27-19(34-18)13-5-6-15(33-21(23)24)16(7-13)32-10-12-3-4-12/h5-7,11-12,14,21H,3-4,8-10,25H2,1-2H3,(H,26,30)/t11-/m0/s1. The average Bonchev–Trinajstić information content (AvgIpc) is 3.49. The van der Waals surface area contributed by atoms with Gasteiger partial charge in [0.05, 0.1) is 25.8 Å². The summed E-state index contributed by atoms with van der Waals surface area (Å²) in [5.74, 6) is 0.329. The summed E-state index contributed by atoms with van der Waals surface area (Å²) in [4.78, 5) is 30.2. The number of oxazole rings is 1. The van der Waals surface area contributed by atoms with Crippen LogP contribution in [0.15, 0.2) is 22.6 Å². The van der Waals surface area contributed by atoms with E-state index >= 15 is 0 Å². The molecule has 0 unspecified atom stereocenters. The van der Waals surface area contributed by atoms with E-state index in [-0.39, 0.29) is 48.0 Å². The smallest absolute Gasteiger partial charge is 0.407 e. The Bertz CT molecular complexity index is 1050. The van der Waals surface area contributed by atoms with E-state index in [1.54, 1.807) is 6.92 Å². The number of halogens is 2. The number of nitrogens with zero attached hydrogens (tertiary/aromatic N) is 2. The second kappa shape index (κ2) is 9.84. The van der Waals surface area contributed by atoms with Crippen molar-refractivity contribution >= 4 is 12.0 Å². The van der Waals surface area contributed by atoms with Crippen LogP contribution in [0, 0.1) is 5.92 Å². The molecule has 1 aliphatic carbocycles. The SMILES string of the molecule is COC(=O)NC1CN(C(=O)c2nc(-c3ccc(OC(F)F)c(OCC4CC4)c3)oc2[C@H](C)N)C1. The Kier molecular flexibility index (Phi) is 6.87. The van der Waals surface area contributed by atoms with E-state index in [9.17, 15) is 18.4 Å². The molecular weight excluding hydrogens is 454 g/mol. The van der Waals surface area contributed by atoms with Gasteiger partial charge in [0.25, 0.3) is 5.91 Å². The highest BCUT2D eigenvalue weighted by Gasteiger charge is 2.36. The van der Waals surface area contributed by atoms with Crippen LogP contribution in [-0.2, 0) is 4.74 Å². The number of ether oxygens (including phenoxy) is 3. The van der Waals surface area contributed by atoms with Crippen LogP contribution >= 0.6 is 0 Å². The molecule has 2 heterocycles. The normalized spacial score (nSPS) is 16.7. The average molecular weight is 480 g/mol. The summed E-state index contributed by atoms with van der Waals surface area (Å²) in [6.07, 6.45) is 1.48. The van der Waals surface area contributed by atoms with Crippen molar-refractivity contribution in [3.63, 3.8) is 0 Å². The summed E-state index contributed by atoms with van der Waals surface area (Å²) in [5, 5.41) is 2.62. The highest BCUT2D eigenvalue weighted by atomic mass is 19.3. The molecule has 1 saturated carbocycles. The zero-order chi connectivity index (χ0) is 24.4. The lowest BCUT2D eigenvalue weighted by Gasteiger charge is -2.38. The Morgan fingerprint density at radius 2 is 2.03 bits per heavy atom. The van der Waals surface area contributed by atoms with Crippen LogP contribution in [0.3, 0.4) is 0 Å². The van der Waals surface area contributed by atoms with Gasteiger partial charge in [-0.1, -0.05) is 0 Å². The third kappa shape index (κ3) is 5.38. The quantitative estimate of drug-likeness (QED) is 0.561. The number of hydrogen-bond acceptors (Lipinski definition) is 8. The minimum atomic E-state index is -3.00. The second-order valence-corrected chi connectivity index (χ2v) is 8.36. The van der Waals surface area contributed by atoms with Crippen LogP contribution < -0.4 is 20.5 Å². The number of alkyl carbamates (subject to hydrolysis) is 1. The lowest BCUT2D eigenvalue weighted by molar-refractivity contribution is -0.0515. The molecule has 12 heteroatoms. The van der Waals surface area contributed by atoms with Crippen LogP contribution in [-0.4, -0.2) is 61.3 Å². The maximum absolute atomic E-state index is 13.0. The van der Waals surface area contributed by atoms with Gasteiger partial charge >= 0.3 is 12.7 Å². The molecule has 1 aromatic carbocycles. The first-order valence-corrected chi connectivity index (χ1v) is 10.9. The van der Waals surface area contributed by atoms with Crippen molar-refractivity contribution < 1.29 is 37.0 Å². The minimum Gasteiger partial charge on any atom is -0.489 e. The molecule has 1 saturated heterocycles. The van der Waals surface area contributed by atoms with Gasteiger partial charge in [0.2, 0.25) is 5.89 Å². The number of rotatable bonds is 9. The van der Waals surface area contributed by atoms with Crippen molar-refractivity contribution in [2.24, 2.45) is 11.7 Å². The number of alkyl halides is 2. The van der Waals surface area contributed by atoms with E-state index in [4.69, 9.17) is 14.9 Å². The van der Waals surface area contributed by atoms with E-state index in [0.29, 0.717) is 18.1 Å². The van der Waals surface area contributed by atoms with E-state index in [0.717, 1.165) is 12.8 Å². The highest BCUT2D eigenvalue weighted by Crippen LogP contribution is 2.37. The first-order chi connectivity index (χ1) is 16.2. The van der Waals surface area contributed by atoms with Crippen molar-refractivity contribution in [2.45, 2.75) is 38.5 Å². The van der Waals surface area contributed by atoms with Gasteiger partial charge in [-0.2, -0.15) is 8.78 Å². The molecule has 3 N–H and O–H groups in total.